The SMILES string of the molecule is CO[C@@H]1O[C@H](COS(=O)(=O)[O-])[C@H](O[C@H]2OC(C(=O)[O-])[C@H](O[C@H]3O[C@H](COS(=O)(=O)[O-])[C@H](O[C@H]4O[C@@H](C(=O)[O-])[C@H](O[C@@H]5O[C@@H](COS(=O)(=O)[O-])[C@H](O)[C@H](O)[C@H]5NS(=O)(=O)[O-])[C@H](O)[C@H]4O)[C@H](OS(=O)(=O)O)[C@@H]3NS(=O)(=O)[O-])[C@@H](O)[C@@H]2OS(=O)(=O)O)[C@@H](O)[C@@H]1NS(=O)(=O)[O-].[Na+].[Na+].[Na+].[Na+].[Na+].[Na+].[Na+].[Na+]. The minimum atomic E-state index is -6.43. The molecule has 5 aliphatic heterocycles. The first-order valence-corrected chi connectivity index (χ1v) is 34.4. The van der Waals surface area contributed by atoms with E-state index in [1.54, 1.807) is 0 Å². The molecule has 534 valence electrons. The molecule has 0 radical (unpaired) electrons. The van der Waals surface area contributed by atoms with Crippen LogP contribution >= 0.6 is 0 Å². The second-order valence-corrected chi connectivity index (χ2v) is 27.2. The van der Waals surface area contributed by atoms with Crippen LogP contribution in [0.3, 0.4) is 0 Å². The molecule has 0 aromatic heterocycles. The third-order valence-corrected chi connectivity index (χ3v) is 16.3. The van der Waals surface area contributed by atoms with Gasteiger partial charge in [0, 0.05) is 7.11 Å². The van der Waals surface area contributed by atoms with Crippen molar-refractivity contribution in [2.24, 2.45) is 0 Å². The van der Waals surface area contributed by atoms with Gasteiger partial charge in [-0.2, -0.15) is 16.8 Å². The van der Waals surface area contributed by atoms with Crippen molar-refractivity contribution in [3.05, 3.63) is 0 Å². The molecule has 11 N–H and O–H groups in total. The quantitative estimate of drug-likeness (QED) is 0.0181. The maximum Gasteiger partial charge on any atom is 1.00 e. The number of aliphatic hydroxyl groups excluding tert-OH is 6. The third-order valence-electron chi connectivity index (χ3n) is 12.4. The van der Waals surface area contributed by atoms with Gasteiger partial charge in [-0.3, -0.25) is 21.7 Å². The fourth-order valence-corrected chi connectivity index (χ4v) is 12.6. The Morgan fingerprint density at radius 1 is 0.364 bits per heavy atom. The number of nitrogens with one attached hydrogen (secondary N) is 3. The molecule has 0 amide bonds. The molecule has 52 nitrogen and oxygen atoms in total. The average molecular weight is 1680 g/mol. The molecule has 0 aromatic rings. The van der Waals surface area contributed by atoms with Crippen LogP contribution in [0.5, 0.6) is 0 Å². The fourth-order valence-electron chi connectivity index (χ4n) is 8.94. The second kappa shape index (κ2) is 44.8. The molecule has 5 aliphatic rings. The number of rotatable bonds is 30. The van der Waals surface area contributed by atoms with Crippen LogP contribution in [0.25, 0.3) is 0 Å². The molecule has 0 bridgehead atoms. The summed E-state index contributed by atoms with van der Waals surface area (Å²) in [5, 5.41) is 92.2. The molecule has 5 rings (SSSR count). The number of ether oxygens (including phenoxy) is 10. The summed E-state index contributed by atoms with van der Waals surface area (Å²) in [5.41, 5.74) is 0. The van der Waals surface area contributed by atoms with E-state index >= 15 is 0 Å². The van der Waals surface area contributed by atoms with E-state index < -0.39 is 268 Å². The van der Waals surface area contributed by atoms with E-state index in [0.717, 1.165) is 9.44 Å². The van der Waals surface area contributed by atoms with Crippen molar-refractivity contribution in [1.29, 1.82) is 0 Å². The largest absolute Gasteiger partial charge is 1.00 e. The Labute approximate surface area is 736 Å². The van der Waals surface area contributed by atoms with Crippen LogP contribution in [0, 0.1) is 0 Å². The van der Waals surface area contributed by atoms with E-state index in [1.165, 1.54) is 4.72 Å². The summed E-state index contributed by atoms with van der Waals surface area (Å²) < 4.78 is 356. The van der Waals surface area contributed by atoms with Crippen LogP contribution < -0.4 is 261 Å². The number of methoxy groups -OCH3 is 1. The predicted molar refractivity (Wildman–Crippen MR) is 246 cm³/mol. The first-order valence-electron chi connectivity index (χ1n) is 23.4. The fraction of sp³-hybridized carbons (Fsp3) is 0.935. The van der Waals surface area contributed by atoms with Gasteiger partial charge in [0.2, 0.25) is 31.2 Å². The zero-order chi connectivity index (χ0) is 69.4. The summed E-state index contributed by atoms with van der Waals surface area (Å²) in [5.74, 6) is -5.51. The Bertz CT molecular complexity index is 3530. The van der Waals surface area contributed by atoms with Crippen LogP contribution in [-0.2, 0) is 161 Å². The number of aliphatic carboxylic acids is 2. The molecule has 5 heterocycles. The van der Waals surface area contributed by atoms with Gasteiger partial charge in [-0.15, -0.1) is 0 Å². The second-order valence-electron chi connectivity index (χ2n) is 18.5. The van der Waals surface area contributed by atoms with E-state index in [9.17, 15) is 154 Å². The number of hydrogen-bond donors (Lipinski definition) is 11. The Kier molecular flexibility index (Phi) is 50.0. The third kappa shape index (κ3) is 34.9. The van der Waals surface area contributed by atoms with Gasteiger partial charge in [0.1, 0.15) is 116 Å². The zero-order valence-corrected chi connectivity index (χ0v) is 74.2. The van der Waals surface area contributed by atoms with Gasteiger partial charge < -0.3 is 125 Å². The standard InChI is InChI=1S/C31H53N3O49S8.8Na/c1-69-27-9(33-85(48,49)50)13(37)17(6(74-27)3-71-88(57,58)59)76-31-22(83-91(66,67)68)16(40)21(24(81-31)26(43)44)79-29-10(34-86(51,52)53)19(82-90(63,64)65)18(7(75-29)4-72-89(60,61)62)77-30-15(39)14(38)20(23(80-30)25(41)42)78-28-8(32-84(45,46)47)12(36)11(35)5(73-28)2-70-87(54,55)56;;;;;;;;/h5-24,27-40H,2-4H2,1H3,(H,41,42)(H,43,44)(H,45,46,47)(H,48,49,50)(H,51,52,53)(H,54,55,56)(H,57,58,59)(H,60,61,62)(H,63,64,65)(H,66,67,68);;;;;;;;/q;8*+1/p-8/t5-,6+,7+,8+,9-,10-,11-,12+,13-,14+,15+,16+,17-,18-,19+,20+,21+,22-,23+,24?,27+,28-,29+,30-,31-;;;;;;;;/m0......../s1. The summed E-state index contributed by atoms with van der Waals surface area (Å²) in [6.07, 6.45) is -65.9. The predicted octanol–water partition coefficient (Wildman–Crippen LogP) is -42.4. The Morgan fingerprint density at radius 3 is 1.08 bits per heavy atom. The van der Waals surface area contributed by atoms with Crippen LogP contribution in [0.15, 0.2) is 0 Å². The molecule has 0 saturated carbocycles. The van der Waals surface area contributed by atoms with E-state index in [4.69, 9.17) is 47.4 Å². The Balaban J connectivity index is -0.00000564. The van der Waals surface area contributed by atoms with Crippen LogP contribution in [0.2, 0.25) is 0 Å². The van der Waals surface area contributed by atoms with Crippen LogP contribution in [0.4, 0.5) is 0 Å². The van der Waals surface area contributed by atoms with Gasteiger partial charge in [0.05, 0.1) is 31.8 Å². The summed E-state index contributed by atoms with van der Waals surface area (Å²) in [6.45, 7) is -5.39. The van der Waals surface area contributed by atoms with Crippen molar-refractivity contribution in [2.45, 2.75) is 153 Å². The maximum absolute atomic E-state index is 12.9. The first kappa shape index (κ1) is 111. The Hall–Kier alpha value is 5.26. The van der Waals surface area contributed by atoms with Crippen molar-refractivity contribution in [2.75, 3.05) is 26.9 Å². The smallest absolute Gasteiger partial charge is 0.735 e. The number of carbonyl (C=O) groups is 2. The van der Waals surface area contributed by atoms with Gasteiger partial charge in [-0.1, -0.05) is 0 Å². The average Bonchev–Trinajstić information content (AvgIpc) is 0.765. The Morgan fingerprint density at radius 2 is 0.687 bits per heavy atom. The number of carboxylic acid groups (broad SMARTS) is 2. The molecule has 1 unspecified atom stereocenters. The monoisotopic (exact) mass is 1680 g/mol. The minimum Gasteiger partial charge on any atom is -0.735 e. The molecule has 5 fully saturated rings. The van der Waals surface area contributed by atoms with Gasteiger partial charge in [-0.25, -0.2) is 73.0 Å². The van der Waals surface area contributed by atoms with Gasteiger partial charge in [0.25, 0.3) is 0 Å². The van der Waals surface area contributed by atoms with E-state index in [1.807, 2.05) is 0 Å². The number of carbonyl (C=O) groups excluding carboxylic acids is 2. The maximum atomic E-state index is 12.9. The van der Waals surface area contributed by atoms with Gasteiger partial charge >= 0.3 is 257 Å². The molecule has 0 aromatic carbocycles. The molecule has 5 saturated heterocycles. The van der Waals surface area contributed by atoms with Crippen LogP contribution in [0.1, 0.15) is 0 Å². The summed E-state index contributed by atoms with van der Waals surface area (Å²) in [7, 11) is -47.8. The summed E-state index contributed by atoms with van der Waals surface area (Å²) in [6, 6.07) is -8.52. The molecule has 0 spiro atoms. The van der Waals surface area contributed by atoms with E-state index in [2.05, 4.69) is 20.9 Å². The van der Waals surface area contributed by atoms with Crippen molar-refractivity contribution in [3.63, 3.8) is 0 Å². The molecule has 68 heteroatoms. The molecule has 25 atom stereocenters. The molecule has 99 heavy (non-hydrogen) atoms. The van der Waals surface area contributed by atoms with E-state index in [0.29, 0.717) is 7.11 Å². The van der Waals surface area contributed by atoms with Gasteiger partial charge in [-0.05, 0) is 0 Å². The number of aliphatic hydroxyl groups is 6. The zero-order valence-electron chi connectivity index (χ0n) is 51.6. The van der Waals surface area contributed by atoms with Gasteiger partial charge in [0.15, 0.2) is 68.5 Å². The number of hydrogen-bond acceptors (Lipinski definition) is 47. The van der Waals surface area contributed by atoms with E-state index in [-0.39, 0.29) is 236 Å². The number of carboxylic acids is 2. The molecular formula is C31H45N3Na8O49S8. The van der Waals surface area contributed by atoms with Crippen LogP contribution in [-0.4, -0.2) is 327 Å². The molecule has 0 aliphatic carbocycles. The minimum absolute atomic E-state index is 0. The summed E-state index contributed by atoms with van der Waals surface area (Å²) >= 11 is 0. The summed E-state index contributed by atoms with van der Waals surface area (Å²) in [4.78, 5) is 25.5. The van der Waals surface area contributed by atoms with Crippen molar-refractivity contribution in [3.8, 4) is 0 Å². The first-order chi connectivity index (χ1) is 41.2. The van der Waals surface area contributed by atoms with Crippen molar-refractivity contribution in [1.82, 2.24) is 14.2 Å². The molecular weight excluding hydrogens is 1640 g/mol. The van der Waals surface area contributed by atoms with Crippen molar-refractivity contribution >= 4 is 94.8 Å². The van der Waals surface area contributed by atoms with Crippen molar-refractivity contribution < 1.29 is 459 Å². The topological polar surface area (TPSA) is 828 Å². The normalized spacial score (nSPS) is 35.5.